The molecule has 10 nitrogen and oxygen atoms in total. The van der Waals surface area contributed by atoms with E-state index in [4.69, 9.17) is 10.3 Å². The molecule has 3 aromatic rings. The van der Waals surface area contributed by atoms with Crippen LogP contribution in [0.4, 0.5) is 4.39 Å². The molecule has 4 rings (SSSR count). The summed E-state index contributed by atoms with van der Waals surface area (Å²) in [4.78, 5) is 45.7. The van der Waals surface area contributed by atoms with E-state index in [2.05, 4.69) is 20.6 Å². The third-order valence-corrected chi connectivity index (χ3v) is 6.33. The van der Waals surface area contributed by atoms with Gasteiger partial charge >= 0.3 is 0 Å². The molecule has 194 valence electrons. The lowest BCUT2D eigenvalue weighted by Gasteiger charge is -2.31. The number of hydrogen-bond donors (Lipinski definition) is 3. The minimum Gasteiger partial charge on any atom is -0.449 e. The molecular formula is C26H29FN6O4. The Labute approximate surface area is 213 Å². The van der Waals surface area contributed by atoms with E-state index in [-0.39, 0.29) is 29.8 Å². The first-order valence-electron chi connectivity index (χ1n) is 12.1. The number of nitrogens with zero attached hydrogens (tertiary/aromatic N) is 3. The first-order chi connectivity index (χ1) is 17.8. The summed E-state index contributed by atoms with van der Waals surface area (Å²) in [6, 6.07) is 9.81. The molecule has 0 saturated heterocycles. The summed E-state index contributed by atoms with van der Waals surface area (Å²) in [7, 11) is 1.46. The number of pyridine rings is 2. The van der Waals surface area contributed by atoms with Crippen LogP contribution in [-0.4, -0.2) is 45.8 Å². The summed E-state index contributed by atoms with van der Waals surface area (Å²) in [5, 5.41) is 6.49. The van der Waals surface area contributed by atoms with Crippen molar-refractivity contribution in [1.29, 1.82) is 0 Å². The maximum atomic E-state index is 13.3. The zero-order valence-electron chi connectivity index (χ0n) is 20.4. The molecule has 1 saturated carbocycles. The zero-order valence-corrected chi connectivity index (χ0v) is 20.4. The van der Waals surface area contributed by atoms with E-state index in [0.717, 1.165) is 43.2 Å². The van der Waals surface area contributed by atoms with Gasteiger partial charge in [-0.2, -0.15) is 4.39 Å². The number of amides is 3. The molecule has 0 radical (unpaired) electrons. The number of nitrogens with two attached hydrogens (primary N) is 1. The summed E-state index contributed by atoms with van der Waals surface area (Å²) in [5.41, 5.74) is 1.14. The van der Waals surface area contributed by atoms with E-state index in [0.29, 0.717) is 17.0 Å². The molecule has 3 heterocycles. The van der Waals surface area contributed by atoms with Crippen LogP contribution in [-0.2, 0) is 11.3 Å². The summed E-state index contributed by atoms with van der Waals surface area (Å²) in [6.07, 6.45) is 6.36. The Kier molecular flexibility index (Phi) is 8.24. The molecule has 37 heavy (non-hydrogen) atoms. The Bertz CT molecular complexity index is 1270. The zero-order chi connectivity index (χ0) is 26.4. The van der Waals surface area contributed by atoms with Crippen LogP contribution in [0, 0.1) is 11.9 Å². The van der Waals surface area contributed by atoms with Crippen molar-refractivity contribution in [3.05, 3.63) is 71.6 Å². The molecule has 0 bridgehead atoms. The number of likely N-dealkylation sites (N-methyl/N-ethyl adjacent to an activating group) is 1. The molecule has 1 aliphatic carbocycles. The molecule has 4 N–H and O–H groups in total. The normalized spacial score (nSPS) is 14.6. The maximum Gasteiger partial charge on any atom is 0.287 e. The fourth-order valence-corrected chi connectivity index (χ4v) is 4.40. The number of rotatable bonds is 8. The van der Waals surface area contributed by atoms with Crippen molar-refractivity contribution >= 4 is 17.7 Å². The third kappa shape index (κ3) is 6.56. The highest BCUT2D eigenvalue weighted by molar-refractivity contribution is 5.96. The van der Waals surface area contributed by atoms with E-state index in [1.54, 1.807) is 24.4 Å². The fourth-order valence-electron chi connectivity index (χ4n) is 4.40. The number of hydrazine groups is 1. The second-order valence-electron chi connectivity index (χ2n) is 9.04. The number of carbonyl (C=O) groups excluding carboxylic acids is 3. The van der Waals surface area contributed by atoms with Gasteiger partial charge in [-0.25, -0.2) is 10.8 Å². The molecule has 1 fully saturated rings. The van der Waals surface area contributed by atoms with E-state index < -0.39 is 23.8 Å². The number of nitrogens with one attached hydrogen (secondary N) is 2. The van der Waals surface area contributed by atoms with Crippen molar-refractivity contribution in [2.75, 3.05) is 7.05 Å². The van der Waals surface area contributed by atoms with Crippen LogP contribution < -0.4 is 16.5 Å². The quantitative estimate of drug-likeness (QED) is 0.184. The lowest BCUT2D eigenvalue weighted by Crippen LogP contribution is -2.53. The number of hydrogen-bond acceptors (Lipinski definition) is 7. The van der Waals surface area contributed by atoms with Crippen LogP contribution in [0.2, 0.25) is 0 Å². The summed E-state index contributed by atoms with van der Waals surface area (Å²) >= 11 is 0. The van der Waals surface area contributed by atoms with E-state index >= 15 is 0 Å². The minimum atomic E-state index is -0.735. The predicted octanol–water partition coefficient (Wildman–Crippen LogP) is 2.82. The highest BCUT2D eigenvalue weighted by atomic mass is 19.1. The second-order valence-corrected chi connectivity index (χ2v) is 9.04. The van der Waals surface area contributed by atoms with E-state index in [1.807, 2.05) is 0 Å². The van der Waals surface area contributed by atoms with Crippen LogP contribution in [0.3, 0.4) is 0 Å². The van der Waals surface area contributed by atoms with Crippen LogP contribution in [0.5, 0.6) is 0 Å². The van der Waals surface area contributed by atoms with Gasteiger partial charge < -0.3 is 15.1 Å². The monoisotopic (exact) mass is 508 g/mol. The summed E-state index contributed by atoms with van der Waals surface area (Å²) in [6.45, 7) is 0.151. The van der Waals surface area contributed by atoms with Gasteiger partial charge in [0.1, 0.15) is 17.4 Å². The van der Waals surface area contributed by atoms with E-state index in [9.17, 15) is 18.8 Å². The predicted molar refractivity (Wildman–Crippen MR) is 132 cm³/mol. The second kappa shape index (κ2) is 11.7. The Morgan fingerprint density at radius 3 is 2.65 bits per heavy atom. The SMILES string of the molecule is CN(N)C(=O)[C@@H](NC(=O)c1ccc(-c2cc(CNC(=O)c3cccc(F)n3)ccn2)o1)C1CCCCC1. The topological polar surface area (TPSA) is 143 Å². The van der Waals surface area contributed by atoms with Crippen molar-refractivity contribution in [2.45, 2.75) is 44.7 Å². The lowest BCUT2D eigenvalue weighted by molar-refractivity contribution is -0.133. The molecule has 0 aromatic carbocycles. The largest absolute Gasteiger partial charge is 0.449 e. The van der Waals surface area contributed by atoms with Gasteiger partial charge in [0.15, 0.2) is 11.5 Å². The molecule has 0 aliphatic heterocycles. The van der Waals surface area contributed by atoms with Crippen molar-refractivity contribution in [3.63, 3.8) is 0 Å². The minimum absolute atomic E-state index is 0.0155. The Balaban J connectivity index is 1.42. The number of aromatic nitrogens is 2. The third-order valence-electron chi connectivity index (χ3n) is 6.33. The standard InChI is InChI=1S/C26H29FN6O4/c1-33(28)26(36)23(17-6-3-2-4-7-17)32-25(35)21-11-10-20(37-21)19-14-16(12-13-29-19)15-30-24(34)18-8-5-9-22(27)31-18/h5,8-14,17,23H,2-4,6-7,15,28H2,1H3,(H,30,34)(H,32,35)/t23-/m0/s1. The molecule has 1 aliphatic rings. The van der Waals surface area contributed by atoms with Crippen molar-refractivity contribution < 1.29 is 23.2 Å². The molecular weight excluding hydrogens is 479 g/mol. The van der Waals surface area contributed by atoms with Gasteiger partial charge in [-0.15, -0.1) is 0 Å². The number of furan rings is 1. The number of halogens is 1. The highest BCUT2D eigenvalue weighted by Crippen LogP contribution is 2.28. The molecule has 11 heteroatoms. The van der Waals surface area contributed by atoms with Crippen LogP contribution in [0.15, 0.2) is 53.1 Å². The average Bonchev–Trinajstić information content (AvgIpc) is 3.41. The lowest BCUT2D eigenvalue weighted by atomic mass is 9.83. The average molecular weight is 509 g/mol. The van der Waals surface area contributed by atoms with E-state index in [1.165, 1.54) is 25.2 Å². The Morgan fingerprint density at radius 2 is 1.92 bits per heavy atom. The Morgan fingerprint density at radius 1 is 1.14 bits per heavy atom. The smallest absolute Gasteiger partial charge is 0.287 e. The summed E-state index contributed by atoms with van der Waals surface area (Å²) in [5.74, 6) is 3.99. The van der Waals surface area contributed by atoms with Gasteiger partial charge in [0.2, 0.25) is 5.95 Å². The van der Waals surface area contributed by atoms with Crippen LogP contribution in [0.1, 0.15) is 58.7 Å². The summed E-state index contributed by atoms with van der Waals surface area (Å²) < 4.78 is 19.0. The first kappa shape index (κ1) is 26.0. The van der Waals surface area contributed by atoms with Gasteiger partial charge in [-0.3, -0.25) is 24.4 Å². The van der Waals surface area contributed by atoms with Gasteiger partial charge in [0, 0.05) is 19.8 Å². The van der Waals surface area contributed by atoms with Crippen molar-refractivity contribution in [3.8, 4) is 11.5 Å². The van der Waals surface area contributed by atoms with Crippen LogP contribution in [0.25, 0.3) is 11.5 Å². The van der Waals surface area contributed by atoms with Gasteiger partial charge in [0.25, 0.3) is 17.7 Å². The maximum absolute atomic E-state index is 13.3. The first-order valence-corrected chi connectivity index (χ1v) is 12.1. The highest BCUT2D eigenvalue weighted by Gasteiger charge is 2.33. The van der Waals surface area contributed by atoms with Crippen LogP contribution >= 0.6 is 0 Å². The van der Waals surface area contributed by atoms with Gasteiger partial charge in [-0.05, 0) is 60.7 Å². The molecule has 3 aromatic heterocycles. The van der Waals surface area contributed by atoms with Crippen molar-refractivity contribution in [2.24, 2.45) is 11.8 Å². The molecule has 0 spiro atoms. The number of carbonyl (C=O) groups is 3. The van der Waals surface area contributed by atoms with Crippen molar-refractivity contribution in [1.82, 2.24) is 25.6 Å². The molecule has 3 amide bonds. The van der Waals surface area contributed by atoms with Gasteiger partial charge in [-0.1, -0.05) is 25.3 Å². The Hall–Kier alpha value is -4.12. The molecule has 1 atom stereocenters. The molecule has 0 unspecified atom stereocenters. The van der Waals surface area contributed by atoms with Gasteiger partial charge in [0.05, 0.1) is 0 Å². The fraction of sp³-hybridized carbons (Fsp3) is 0.346.